The minimum absolute atomic E-state index is 0.00361. The largest absolute Gasteiger partial charge is 0.508 e. The average Bonchev–Trinajstić information content (AvgIpc) is 2.74. The highest BCUT2D eigenvalue weighted by Gasteiger charge is 2.19. The second-order valence-corrected chi connectivity index (χ2v) is 6.34. The number of aromatic hydroxyl groups is 1. The lowest BCUT2D eigenvalue weighted by Gasteiger charge is -2.23. The van der Waals surface area contributed by atoms with Crippen molar-refractivity contribution in [3.8, 4) is 5.75 Å². The number of hydrogen-bond acceptors (Lipinski definition) is 9. The molecule has 0 aliphatic heterocycles. The molecule has 11 nitrogen and oxygen atoms in total. The molecule has 1 aromatic carbocycles. The van der Waals surface area contributed by atoms with Crippen LogP contribution in [0.3, 0.4) is 0 Å². The van der Waals surface area contributed by atoms with Gasteiger partial charge < -0.3 is 39.4 Å². The molecule has 0 saturated heterocycles. The second-order valence-electron chi connectivity index (χ2n) is 6.34. The molecule has 1 rings (SSSR count). The van der Waals surface area contributed by atoms with Gasteiger partial charge in [-0.1, -0.05) is 12.1 Å². The van der Waals surface area contributed by atoms with Gasteiger partial charge in [-0.2, -0.15) is 0 Å². The van der Waals surface area contributed by atoms with E-state index in [9.17, 15) is 24.6 Å². The summed E-state index contributed by atoms with van der Waals surface area (Å²) < 4.78 is 19.5. The van der Waals surface area contributed by atoms with Gasteiger partial charge in [0, 0.05) is 20.2 Å². The number of carbonyl (C=O) groups is 3. The fourth-order valence-electron chi connectivity index (χ4n) is 2.35. The van der Waals surface area contributed by atoms with E-state index < -0.39 is 25.0 Å². The monoisotopic (exact) mass is 442 g/mol. The van der Waals surface area contributed by atoms with Crippen molar-refractivity contribution in [1.29, 1.82) is 0 Å². The lowest BCUT2D eigenvalue weighted by atomic mass is 10.1. The number of likely N-dealkylation sites (N-methyl/N-ethyl adjacent to an activating group) is 1. The molecule has 1 atom stereocenters. The average molecular weight is 442 g/mol. The molecule has 2 amide bonds. The van der Waals surface area contributed by atoms with Crippen molar-refractivity contribution in [1.82, 2.24) is 10.2 Å². The number of nitrogens with zero attached hydrogens (tertiary/aromatic N) is 1. The topological polar surface area (TPSA) is 144 Å². The first-order valence-corrected chi connectivity index (χ1v) is 9.75. The van der Waals surface area contributed by atoms with Crippen molar-refractivity contribution in [2.75, 3.05) is 53.4 Å². The predicted molar refractivity (Wildman–Crippen MR) is 108 cm³/mol. The maximum Gasteiger partial charge on any atom is 0.412 e. The smallest absolute Gasteiger partial charge is 0.412 e. The Kier molecular flexibility index (Phi) is 12.6. The Balaban J connectivity index is 2.25. The summed E-state index contributed by atoms with van der Waals surface area (Å²) in [5.41, 5.74) is 0.448. The summed E-state index contributed by atoms with van der Waals surface area (Å²) in [7, 11) is 1.52. The van der Waals surface area contributed by atoms with E-state index in [0.29, 0.717) is 12.2 Å². The quantitative estimate of drug-likeness (QED) is 0.214. The van der Waals surface area contributed by atoms with Gasteiger partial charge in [-0.15, -0.1) is 0 Å². The van der Waals surface area contributed by atoms with Gasteiger partial charge in [0.1, 0.15) is 12.4 Å². The summed E-state index contributed by atoms with van der Waals surface area (Å²) in [6.07, 6.45) is -1.89. The Morgan fingerprint density at radius 2 is 1.97 bits per heavy atom. The lowest BCUT2D eigenvalue weighted by molar-refractivity contribution is -0.152. The molecule has 0 aromatic heterocycles. The van der Waals surface area contributed by atoms with Gasteiger partial charge in [-0.25, -0.2) is 4.79 Å². The zero-order valence-corrected chi connectivity index (χ0v) is 17.7. The van der Waals surface area contributed by atoms with Crippen molar-refractivity contribution >= 4 is 18.0 Å². The number of aliphatic hydroxyl groups excluding tert-OH is 1. The van der Waals surface area contributed by atoms with E-state index >= 15 is 0 Å². The number of hydrogen-bond donors (Lipinski definition) is 3. The maximum absolute atomic E-state index is 12.1. The molecule has 0 saturated carbocycles. The van der Waals surface area contributed by atoms with Gasteiger partial charge in [0.25, 0.3) is 0 Å². The normalized spacial score (nSPS) is 11.5. The first-order chi connectivity index (χ1) is 14.9. The van der Waals surface area contributed by atoms with E-state index in [2.05, 4.69) is 5.32 Å². The first kappa shape index (κ1) is 26.1. The Hall–Kier alpha value is -2.89. The van der Waals surface area contributed by atoms with E-state index in [4.69, 9.17) is 18.9 Å². The number of phenolic OH excluding ortho intramolecular Hbond substituents is 1. The number of nitrogens with one attached hydrogen (secondary N) is 1. The summed E-state index contributed by atoms with van der Waals surface area (Å²) in [5, 5.41) is 22.2. The highest BCUT2D eigenvalue weighted by molar-refractivity contribution is 5.78. The van der Waals surface area contributed by atoms with Gasteiger partial charge >= 0.3 is 12.1 Å². The van der Waals surface area contributed by atoms with Crippen molar-refractivity contribution in [3.63, 3.8) is 0 Å². The molecule has 0 spiro atoms. The van der Waals surface area contributed by atoms with Gasteiger partial charge in [-0.05, 0) is 24.6 Å². The van der Waals surface area contributed by atoms with E-state index in [1.807, 2.05) is 0 Å². The third kappa shape index (κ3) is 11.2. The second kappa shape index (κ2) is 15.0. The molecule has 1 unspecified atom stereocenters. The fourth-order valence-corrected chi connectivity index (χ4v) is 2.35. The molecular formula is C20H30N2O9. The summed E-state index contributed by atoms with van der Waals surface area (Å²) >= 11 is 0. The van der Waals surface area contributed by atoms with Crippen LogP contribution < -0.4 is 5.32 Å². The van der Waals surface area contributed by atoms with Gasteiger partial charge in [0.05, 0.1) is 32.3 Å². The molecule has 0 aliphatic carbocycles. The molecule has 3 N–H and O–H groups in total. The molecule has 0 fully saturated rings. The Morgan fingerprint density at radius 1 is 1.19 bits per heavy atom. The van der Waals surface area contributed by atoms with E-state index in [0.717, 1.165) is 0 Å². The third-order valence-corrected chi connectivity index (χ3v) is 4.01. The minimum Gasteiger partial charge on any atom is -0.508 e. The van der Waals surface area contributed by atoms with Gasteiger partial charge in [-0.3, -0.25) is 9.59 Å². The van der Waals surface area contributed by atoms with E-state index in [1.54, 1.807) is 19.1 Å². The minimum atomic E-state index is -1.02. The van der Waals surface area contributed by atoms with Gasteiger partial charge in [0.2, 0.25) is 12.7 Å². The fraction of sp³-hybridized carbons (Fsp3) is 0.550. The molecule has 0 bridgehead atoms. The zero-order valence-electron chi connectivity index (χ0n) is 17.7. The van der Waals surface area contributed by atoms with Crippen molar-refractivity contribution < 1.29 is 43.5 Å². The zero-order chi connectivity index (χ0) is 23.1. The number of phenols is 1. The highest BCUT2D eigenvalue weighted by Crippen LogP contribution is 2.19. The standard InChI is InChI=1S/C20H30N2O9/c1-3-22(12-17(24)15-5-4-6-16(23)11-15)20(27)31-14-30-19(26)7-8-21-18(25)13-29-10-9-28-2/h4-6,11,17,23-24H,3,7-10,12-14H2,1-2H3,(H,21,25). The highest BCUT2D eigenvalue weighted by atomic mass is 16.7. The molecule has 0 radical (unpaired) electrons. The number of ether oxygens (including phenoxy) is 4. The van der Waals surface area contributed by atoms with Crippen LogP contribution in [0.5, 0.6) is 5.75 Å². The van der Waals surface area contributed by atoms with Crippen LogP contribution in [0.2, 0.25) is 0 Å². The molecule has 31 heavy (non-hydrogen) atoms. The lowest BCUT2D eigenvalue weighted by Crippen LogP contribution is -2.35. The Morgan fingerprint density at radius 3 is 2.65 bits per heavy atom. The first-order valence-electron chi connectivity index (χ1n) is 9.75. The van der Waals surface area contributed by atoms with Crippen LogP contribution in [0, 0.1) is 0 Å². The summed E-state index contributed by atoms with van der Waals surface area (Å²) in [6, 6.07) is 6.07. The molecule has 11 heteroatoms. The maximum atomic E-state index is 12.1. The summed E-state index contributed by atoms with van der Waals surface area (Å²) in [6.45, 7) is 1.87. The van der Waals surface area contributed by atoms with Crippen LogP contribution in [0.15, 0.2) is 24.3 Å². The van der Waals surface area contributed by atoms with Crippen molar-refractivity contribution in [3.05, 3.63) is 29.8 Å². The van der Waals surface area contributed by atoms with Crippen LogP contribution >= 0.6 is 0 Å². The number of carbonyl (C=O) groups excluding carboxylic acids is 3. The van der Waals surface area contributed by atoms with Crippen LogP contribution in [-0.2, 0) is 28.5 Å². The van der Waals surface area contributed by atoms with E-state index in [1.165, 1.54) is 24.1 Å². The van der Waals surface area contributed by atoms with Crippen LogP contribution in [-0.4, -0.2) is 86.4 Å². The molecule has 0 aliphatic rings. The SMILES string of the molecule is CCN(CC(O)c1cccc(O)c1)C(=O)OCOC(=O)CCNC(=O)COCCOC. The Labute approximate surface area is 180 Å². The number of benzene rings is 1. The number of aliphatic hydroxyl groups is 1. The Bertz CT molecular complexity index is 699. The third-order valence-electron chi connectivity index (χ3n) is 4.01. The molecule has 1 aromatic rings. The van der Waals surface area contributed by atoms with Crippen LogP contribution in [0.4, 0.5) is 4.79 Å². The summed E-state index contributed by atoms with van der Waals surface area (Å²) in [5.74, 6) is -1.03. The number of methoxy groups -OCH3 is 1. The predicted octanol–water partition coefficient (Wildman–Crippen LogP) is 0.554. The number of esters is 1. The molecule has 174 valence electrons. The number of rotatable bonds is 14. The van der Waals surface area contributed by atoms with Gasteiger partial charge in [0.15, 0.2) is 0 Å². The van der Waals surface area contributed by atoms with Crippen molar-refractivity contribution in [2.24, 2.45) is 0 Å². The number of amides is 2. The summed E-state index contributed by atoms with van der Waals surface area (Å²) in [4.78, 5) is 36.5. The van der Waals surface area contributed by atoms with E-state index in [-0.39, 0.29) is 50.9 Å². The van der Waals surface area contributed by atoms with Crippen LogP contribution in [0.25, 0.3) is 0 Å². The van der Waals surface area contributed by atoms with Crippen molar-refractivity contribution in [2.45, 2.75) is 19.4 Å². The van der Waals surface area contributed by atoms with Crippen LogP contribution in [0.1, 0.15) is 25.0 Å². The molecular weight excluding hydrogens is 412 g/mol. The molecule has 0 heterocycles.